The maximum Gasteiger partial charge on any atom is 0.220 e. The van der Waals surface area contributed by atoms with Gasteiger partial charge in [-0.2, -0.15) is 0 Å². The predicted octanol–water partition coefficient (Wildman–Crippen LogP) is 0.0165. The molecule has 0 radical (unpaired) electrons. The standard InChI is InChI=1S/C13H24O6S/c1-2-3-4-5-6-7-20-13(18)10(16)11-8(14)9(15)12(17)19-11/h8-12,14-17H,2-7H2,1H3/t8-,9-,10+,11-,12+/m1/s1. The van der Waals surface area contributed by atoms with Crippen LogP contribution in [-0.4, -0.2) is 62.0 Å². The summed E-state index contributed by atoms with van der Waals surface area (Å²) < 4.78 is 4.80. The molecule has 1 fully saturated rings. The third-order valence-electron chi connectivity index (χ3n) is 3.32. The first-order valence-corrected chi connectivity index (χ1v) is 8.02. The minimum Gasteiger partial charge on any atom is -0.387 e. The van der Waals surface area contributed by atoms with E-state index in [1.807, 2.05) is 0 Å². The van der Waals surface area contributed by atoms with Gasteiger partial charge in [-0.1, -0.05) is 44.4 Å². The molecule has 6 nitrogen and oxygen atoms in total. The number of thioether (sulfide) groups is 1. The van der Waals surface area contributed by atoms with Crippen molar-refractivity contribution in [3.63, 3.8) is 0 Å². The quantitative estimate of drug-likeness (QED) is 0.468. The number of hydrogen-bond donors (Lipinski definition) is 4. The van der Waals surface area contributed by atoms with Gasteiger partial charge < -0.3 is 25.2 Å². The fourth-order valence-electron chi connectivity index (χ4n) is 2.04. The molecule has 0 unspecified atom stereocenters. The molecule has 4 N–H and O–H groups in total. The Morgan fingerprint density at radius 1 is 1.15 bits per heavy atom. The normalized spacial score (nSPS) is 31.4. The van der Waals surface area contributed by atoms with Gasteiger partial charge in [-0.3, -0.25) is 4.79 Å². The zero-order valence-corrected chi connectivity index (χ0v) is 12.5. The van der Waals surface area contributed by atoms with Crippen molar-refractivity contribution in [1.82, 2.24) is 0 Å². The highest BCUT2D eigenvalue weighted by Gasteiger charge is 2.47. The van der Waals surface area contributed by atoms with Crippen LogP contribution in [0.3, 0.4) is 0 Å². The average Bonchev–Trinajstić information content (AvgIpc) is 2.69. The molecule has 118 valence electrons. The molecule has 1 aliphatic heterocycles. The Morgan fingerprint density at radius 3 is 2.35 bits per heavy atom. The fourth-order valence-corrected chi connectivity index (χ4v) is 2.90. The Morgan fingerprint density at radius 2 is 1.80 bits per heavy atom. The SMILES string of the molecule is CCCCCCCSC(=O)[C@@H](O)[C@@H]1O[C@H](O)[C@H](O)[C@H]1O. The van der Waals surface area contributed by atoms with Crippen LogP contribution in [0.5, 0.6) is 0 Å². The lowest BCUT2D eigenvalue weighted by Gasteiger charge is -2.19. The molecule has 0 aliphatic carbocycles. The number of hydrogen-bond acceptors (Lipinski definition) is 7. The monoisotopic (exact) mass is 308 g/mol. The number of carbonyl (C=O) groups is 1. The summed E-state index contributed by atoms with van der Waals surface area (Å²) in [6.45, 7) is 2.13. The Labute approximate surface area is 123 Å². The molecular weight excluding hydrogens is 284 g/mol. The second-order valence-corrected chi connectivity index (χ2v) is 6.10. The molecule has 0 amide bonds. The molecule has 0 aromatic rings. The van der Waals surface area contributed by atoms with E-state index in [0.717, 1.165) is 37.4 Å². The molecule has 0 aromatic carbocycles. The molecule has 1 saturated heterocycles. The van der Waals surface area contributed by atoms with Crippen molar-refractivity contribution in [2.24, 2.45) is 0 Å². The van der Waals surface area contributed by atoms with E-state index in [2.05, 4.69) is 6.92 Å². The van der Waals surface area contributed by atoms with E-state index in [1.165, 1.54) is 6.42 Å². The molecule has 0 spiro atoms. The first kappa shape index (κ1) is 17.9. The third-order valence-corrected chi connectivity index (χ3v) is 4.34. The number of aliphatic hydroxyl groups is 4. The molecule has 0 saturated carbocycles. The van der Waals surface area contributed by atoms with Gasteiger partial charge in [-0.15, -0.1) is 0 Å². The van der Waals surface area contributed by atoms with Gasteiger partial charge in [0.25, 0.3) is 0 Å². The van der Waals surface area contributed by atoms with Crippen molar-refractivity contribution in [3.8, 4) is 0 Å². The smallest absolute Gasteiger partial charge is 0.220 e. The van der Waals surface area contributed by atoms with E-state index in [1.54, 1.807) is 0 Å². The highest BCUT2D eigenvalue weighted by Crippen LogP contribution is 2.25. The number of rotatable bonds is 8. The van der Waals surface area contributed by atoms with E-state index in [4.69, 9.17) is 4.74 Å². The summed E-state index contributed by atoms with van der Waals surface area (Å²) in [5.74, 6) is 0.605. The van der Waals surface area contributed by atoms with Crippen molar-refractivity contribution < 1.29 is 30.0 Å². The highest BCUT2D eigenvalue weighted by atomic mass is 32.2. The van der Waals surface area contributed by atoms with Crippen molar-refractivity contribution in [2.45, 2.75) is 69.7 Å². The van der Waals surface area contributed by atoms with Crippen LogP contribution in [0.1, 0.15) is 39.0 Å². The molecule has 1 heterocycles. The van der Waals surface area contributed by atoms with Crippen LogP contribution in [0.25, 0.3) is 0 Å². The van der Waals surface area contributed by atoms with Crippen LogP contribution < -0.4 is 0 Å². The summed E-state index contributed by atoms with van der Waals surface area (Å²) in [4.78, 5) is 11.7. The Kier molecular flexibility index (Phi) is 8.01. The van der Waals surface area contributed by atoms with Crippen LogP contribution in [-0.2, 0) is 9.53 Å². The first-order chi connectivity index (χ1) is 9.49. The van der Waals surface area contributed by atoms with Crippen molar-refractivity contribution in [3.05, 3.63) is 0 Å². The van der Waals surface area contributed by atoms with E-state index in [0.29, 0.717) is 5.75 Å². The Balaban J connectivity index is 2.26. The molecule has 1 rings (SSSR count). The van der Waals surface area contributed by atoms with Gasteiger partial charge in [0.2, 0.25) is 5.12 Å². The van der Waals surface area contributed by atoms with Gasteiger partial charge in [0.1, 0.15) is 18.3 Å². The summed E-state index contributed by atoms with van der Waals surface area (Å²) >= 11 is 0.991. The topological polar surface area (TPSA) is 107 Å². The van der Waals surface area contributed by atoms with E-state index in [-0.39, 0.29) is 0 Å². The lowest BCUT2D eigenvalue weighted by atomic mass is 10.1. The van der Waals surface area contributed by atoms with E-state index >= 15 is 0 Å². The van der Waals surface area contributed by atoms with E-state index < -0.39 is 35.8 Å². The highest BCUT2D eigenvalue weighted by molar-refractivity contribution is 8.13. The van der Waals surface area contributed by atoms with Gasteiger partial charge in [-0.05, 0) is 6.42 Å². The average molecular weight is 308 g/mol. The molecule has 0 bridgehead atoms. The maximum absolute atomic E-state index is 11.7. The summed E-state index contributed by atoms with van der Waals surface area (Å²) in [7, 11) is 0. The number of ether oxygens (including phenoxy) is 1. The van der Waals surface area contributed by atoms with Gasteiger partial charge in [0, 0.05) is 5.75 Å². The predicted molar refractivity (Wildman–Crippen MR) is 75.1 cm³/mol. The largest absolute Gasteiger partial charge is 0.387 e. The maximum atomic E-state index is 11.7. The Hall–Kier alpha value is -0.180. The molecule has 1 aliphatic rings. The summed E-state index contributed by atoms with van der Waals surface area (Å²) in [6.07, 6.45) is -1.95. The van der Waals surface area contributed by atoms with Crippen LogP contribution >= 0.6 is 11.8 Å². The lowest BCUT2D eigenvalue weighted by Crippen LogP contribution is -2.42. The third kappa shape index (κ3) is 4.98. The van der Waals surface area contributed by atoms with E-state index in [9.17, 15) is 25.2 Å². The number of aliphatic hydroxyl groups excluding tert-OH is 4. The molecule has 7 heteroatoms. The molecule has 20 heavy (non-hydrogen) atoms. The summed E-state index contributed by atoms with van der Waals surface area (Å²) in [5.41, 5.74) is 0. The molecular formula is C13H24O6S. The second-order valence-electron chi connectivity index (χ2n) is 5.00. The number of unbranched alkanes of at least 4 members (excludes halogenated alkanes) is 4. The minimum atomic E-state index is -1.57. The summed E-state index contributed by atoms with van der Waals surface area (Å²) in [5, 5.41) is 37.4. The zero-order valence-electron chi connectivity index (χ0n) is 11.6. The summed E-state index contributed by atoms with van der Waals surface area (Å²) in [6, 6.07) is 0. The zero-order chi connectivity index (χ0) is 15.1. The fraction of sp³-hybridized carbons (Fsp3) is 0.923. The Bertz CT molecular complexity index is 301. The molecule has 5 atom stereocenters. The van der Waals surface area contributed by atoms with Gasteiger partial charge in [0.15, 0.2) is 12.4 Å². The second kappa shape index (κ2) is 8.96. The minimum absolute atomic E-state index is 0.508. The van der Waals surface area contributed by atoms with Gasteiger partial charge in [-0.25, -0.2) is 0 Å². The van der Waals surface area contributed by atoms with Crippen LogP contribution in [0.15, 0.2) is 0 Å². The first-order valence-electron chi connectivity index (χ1n) is 7.03. The van der Waals surface area contributed by atoms with Gasteiger partial charge >= 0.3 is 0 Å². The van der Waals surface area contributed by atoms with Crippen LogP contribution in [0, 0.1) is 0 Å². The van der Waals surface area contributed by atoms with Gasteiger partial charge in [0.05, 0.1) is 0 Å². The lowest BCUT2D eigenvalue weighted by molar-refractivity contribution is -0.152. The van der Waals surface area contributed by atoms with Crippen molar-refractivity contribution >= 4 is 16.9 Å². The number of carbonyl (C=O) groups excluding carboxylic acids is 1. The van der Waals surface area contributed by atoms with Crippen LogP contribution in [0.2, 0.25) is 0 Å². The van der Waals surface area contributed by atoms with Crippen molar-refractivity contribution in [2.75, 3.05) is 5.75 Å². The van der Waals surface area contributed by atoms with Crippen LogP contribution in [0.4, 0.5) is 0 Å². The van der Waals surface area contributed by atoms with Crippen molar-refractivity contribution in [1.29, 1.82) is 0 Å². The molecule has 0 aromatic heterocycles.